The first kappa shape index (κ1) is 22.1. The number of fused-ring (bicyclic) bond motifs is 1. The minimum Gasteiger partial charge on any atom is -0.302 e. The lowest BCUT2D eigenvalue weighted by molar-refractivity contribution is -0.120. The highest BCUT2D eigenvalue weighted by molar-refractivity contribution is 7.89. The van der Waals surface area contributed by atoms with Crippen LogP contribution in [0.4, 0.5) is 5.13 Å². The first-order chi connectivity index (χ1) is 14.5. The molecule has 1 atom stereocenters. The Morgan fingerprint density at radius 2 is 1.94 bits per heavy atom. The average molecular weight is 462 g/mol. The SMILES string of the molecule is Cc1ccc(S(=O)(=O)N2CCC[C@H](C(=O)Nc3nc4c(s3)C(=O)CC(C)(C)C4)C2)cc1. The summed E-state index contributed by atoms with van der Waals surface area (Å²) in [6.45, 7) is 6.52. The van der Waals surface area contributed by atoms with E-state index in [1.54, 1.807) is 24.3 Å². The van der Waals surface area contributed by atoms with Crippen molar-refractivity contribution in [3.8, 4) is 0 Å². The van der Waals surface area contributed by atoms with Crippen LogP contribution in [0, 0.1) is 18.3 Å². The van der Waals surface area contributed by atoms with E-state index in [1.165, 1.54) is 15.6 Å². The maximum absolute atomic E-state index is 13.0. The fraction of sp³-hybridized carbons (Fsp3) is 0.500. The Bertz CT molecular complexity index is 1120. The molecule has 1 amide bonds. The van der Waals surface area contributed by atoms with Crippen molar-refractivity contribution >= 4 is 38.2 Å². The lowest BCUT2D eigenvalue weighted by Crippen LogP contribution is -2.43. The van der Waals surface area contributed by atoms with Gasteiger partial charge >= 0.3 is 0 Å². The van der Waals surface area contributed by atoms with Crippen molar-refractivity contribution < 1.29 is 18.0 Å². The number of carbonyl (C=O) groups excluding carboxylic acids is 2. The van der Waals surface area contributed by atoms with Gasteiger partial charge in [-0.1, -0.05) is 42.9 Å². The molecule has 7 nitrogen and oxygen atoms in total. The highest BCUT2D eigenvalue weighted by Gasteiger charge is 2.36. The van der Waals surface area contributed by atoms with Gasteiger partial charge in [-0.05, 0) is 43.7 Å². The molecule has 0 bridgehead atoms. The summed E-state index contributed by atoms with van der Waals surface area (Å²) in [6, 6.07) is 6.75. The quantitative estimate of drug-likeness (QED) is 0.750. The number of benzene rings is 1. The van der Waals surface area contributed by atoms with Crippen LogP contribution in [0.2, 0.25) is 0 Å². The average Bonchev–Trinajstić information content (AvgIpc) is 3.09. The van der Waals surface area contributed by atoms with Gasteiger partial charge in [0, 0.05) is 19.5 Å². The zero-order valence-electron chi connectivity index (χ0n) is 18.0. The van der Waals surface area contributed by atoms with Gasteiger partial charge in [-0.25, -0.2) is 13.4 Å². The number of amides is 1. The normalized spacial score (nSPS) is 21.5. The summed E-state index contributed by atoms with van der Waals surface area (Å²) in [4.78, 5) is 30.6. The van der Waals surface area contributed by atoms with Crippen molar-refractivity contribution in [3.05, 3.63) is 40.4 Å². The van der Waals surface area contributed by atoms with E-state index in [0.717, 1.165) is 11.3 Å². The topological polar surface area (TPSA) is 96.4 Å². The van der Waals surface area contributed by atoms with Gasteiger partial charge in [0.25, 0.3) is 0 Å². The number of nitrogens with one attached hydrogen (secondary N) is 1. The Morgan fingerprint density at radius 1 is 1.23 bits per heavy atom. The van der Waals surface area contributed by atoms with Crippen molar-refractivity contribution in [2.24, 2.45) is 11.3 Å². The van der Waals surface area contributed by atoms with Crippen LogP contribution in [0.1, 0.15) is 54.0 Å². The zero-order chi connectivity index (χ0) is 22.4. The molecule has 2 aliphatic rings. The molecule has 0 saturated carbocycles. The molecule has 0 spiro atoms. The number of anilines is 1. The molecule has 166 valence electrons. The van der Waals surface area contributed by atoms with Crippen LogP contribution in [0.25, 0.3) is 0 Å². The maximum Gasteiger partial charge on any atom is 0.243 e. The first-order valence-corrected chi connectivity index (χ1v) is 12.7. The number of nitrogens with zero attached hydrogens (tertiary/aromatic N) is 2. The Morgan fingerprint density at radius 3 is 2.65 bits per heavy atom. The molecular weight excluding hydrogens is 434 g/mol. The van der Waals surface area contributed by atoms with E-state index < -0.39 is 15.9 Å². The third-order valence-corrected chi connectivity index (χ3v) is 8.81. The smallest absolute Gasteiger partial charge is 0.243 e. The molecule has 1 aromatic heterocycles. The molecule has 2 heterocycles. The standard InChI is InChI=1S/C22H27N3O4S2/c1-14-6-8-16(9-7-14)31(28,29)25-10-4-5-15(13-25)20(27)24-21-23-17-11-22(2,3)12-18(26)19(17)30-21/h6-9,15H,4-5,10-13H2,1-3H3,(H,23,24,27)/t15-/m0/s1. The van der Waals surface area contributed by atoms with E-state index >= 15 is 0 Å². The van der Waals surface area contributed by atoms with E-state index in [1.807, 2.05) is 20.8 Å². The molecule has 1 aliphatic heterocycles. The molecule has 1 aliphatic carbocycles. The Kier molecular flexibility index (Phi) is 5.78. The number of hydrogen-bond acceptors (Lipinski definition) is 6. The summed E-state index contributed by atoms with van der Waals surface area (Å²) in [7, 11) is -3.64. The number of Topliss-reactive ketones (excluding diaryl/α,β-unsaturated/α-hetero) is 1. The van der Waals surface area contributed by atoms with Gasteiger partial charge in [0.1, 0.15) is 0 Å². The van der Waals surface area contributed by atoms with Gasteiger partial charge < -0.3 is 5.32 Å². The summed E-state index contributed by atoms with van der Waals surface area (Å²) in [5, 5.41) is 3.25. The van der Waals surface area contributed by atoms with Crippen molar-refractivity contribution in [1.29, 1.82) is 0 Å². The molecule has 9 heteroatoms. The summed E-state index contributed by atoms with van der Waals surface area (Å²) in [5.74, 6) is -0.638. The van der Waals surface area contributed by atoms with E-state index in [0.29, 0.717) is 42.2 Å². The third kappa shape index (κ3) is 4.58. The Hall–Kier alpha value is -2.10. The first-order valence-electron chi connectivity index (χ1n) is 10.5. The third-order valence-electron chi connectivity index (χ3n) is 5.88. The molecule has 2 aromatic rings. The van der Waals surface area contributed by atoms with Crippen molar-refractivity contribution in [3.63, 3.8) is 0 Å². The second-order valence-corrected chi connectivity index (χ2v) is 12.2. The molecule has 0 unspecified atom stereocenters. The molecule has 1 saturated heterocycles. The number of sulfonamides is 1. The fourth-order valence-corrected chi connectivity index (χ4v) is 6.66. The van der Waals surface area contributed by atoms with Crippen LogP contribution in [0.15, 0.2) is 29.2 Å². The fourth-order valence-electron chi connectivity index (χ4n) is 4.22. The molecule has 1 fully saturated rings. The monoisotopic (exact) mass is 461 g/mol. The van der Waals surface area contributed by atoms with Gasteiger partial charge in [-0.3, -0.25) is 9.59 Å². The number of aromatic nitrogens is 1. The predicted molar refractivity (Wildman–Crippen MR) is 120 cm³/mol. The molecular formula is C22H27N3O4S2. The molecule has 31 heavy (non-hydrogen) atoms. The van der Waals surface area contributed by atoms with Crippen molar-refractivity contribution in [2.75, 3.05) is 18.4 Å². The number of hydrogen-bond donors (Lipinski definition) is 1. The van der Waals surface area contributed by atoms with Crippen LogP contribution in [-0.2, 0) is 21.2 Å². The van der Waals surface area contributed by atoms with Crippen molar-refractivity contribution in [1.82, 2.24) is 9.29 Å². The highest BCUT2D eigenvalue weighted by Crippen LogP contribution is 2.38. The van der Waals surface area contributed by atoms with Crippen LogP contribution >= 0.6 is 11.3 Å². The number of aryl methyl sites for hydroxylation is 1. The van der Waals surface area contributed by atoms with Gasteiger partial charge in [0.05, 0.1) is 21.4 Å². The van der Waals surface area contributed by atoms with E-state index in [-0.39, 0.29) is 28.5 Å². The number of carbonyl (C=O) groups is 2. The lowest BCUT2D eigenvalue weighted by Gasteiger charge is -2.31. The Labute approximate surface area is 186 Å². The second-order valence-electron chi connectivity index (χ2n) is 9.24. The molecule has 1 aromatic carbocycles. The van der Waals surface area contributed by atoms with Gasteiger partial charge in [0.2, 0.25) is 15.9 Å². The van der Waals surface area contributed by atoms with Crippen LogP contribution in [0.3, 0.4) is 0 Å². The largest absolute Gasteiger partial charge is 0.302 e. The summed E-state index contributed by atoms with van der Waals surface area (Å²) in [5.41, 5.74) is 1.60. The van der Waals surface area contributed by atoms with Crippen molar-refractivity contribution in [2.45, 2.75) is 51.3 Å². The van der Waals surface area contributed by atoms with E-state index in [2.05, 4.69) is 10.3 Å². The number of ketones is 1. The molecule has 0 radical (unpaired) electrons. The van der Waals surface area contributed by atoms with Crippen LogP contribution < -0.4 is 5.32 Å². The van der Waals surface area contributed by atoms with Gasteiger partial charge in [-0.15, -0.1) is 0 Å². The number of piperidine rings is 1. The second kappa shape index (κ2) is 8.11. The number of thiazole rings is 1. The predicted octanol–water partition coefficient (Wildman–Crippen LogP) is 3.65. The number of rotatable bonds is 4. The lowest BCUT2D eigenvalue weighted by atomic mass is 9.78. The van der Waals surface area contributed by atoms with E-state index in [4.69, 9.17) is 0 Å². The molecule has 1 N–H and O–H groups in total. The Balaban J connectivity index is 1.46. The van der Waals surface area contributed by atoms with Gasteiger partial charge in [0.15, 0.2) is 10.9 Å². The maximum atomic E-state index is 13.0. The zero-order valence-corrected chi connectivity index (χ0v) is 19.6. The van der Waals surface area contributed by atoms with Crippen LogP contribution in [0.5, 0.6) is 0 Å². The highest BCUT2D eigenvalue weighted by atomic mass is 32.2. The summed E-state index contributed by atoms with van der Waals surface area (Å²) < 4.78 is 27.4. The van der Waals surface area contributed by atoms with E-state index in [9.17, 15) is 18.0 Å². The summed E-state index contributed by atoms with van der Waals surface area (Å²) >= 11 is 1.22. The molecule has 4 rings (SSSR count). The minimum absolute atomic E-state index is 0.0669. The minimum atomic E-state index is -3.64. The van der Waals surface area contributed by atoms with Crippen LogP contribution in [-0.4, -0.2) is 42.5 Å². The van der Waals surface area contributed by atoms with Gasteiger partial charge in [-0.2, -0.15) is 4.31 Å². The summed E-state index contributed by atoms with van der Waals surface area (Å²) in [6.07, 6.45) is 2.41.